The average Bonchev–Trinajstić information content (AvgIpc) is 3.63. The van der Waals surface area contributed by atoms with E-state index in [1.54, 1.807) is 6.07 Å². The number of hydrogen-bond donors (Lipinski definition) is 1. The number of ether oxygens (including phenoxy) is 2. The van der Waals surface area contributed by atoms with Crippen LogP contribution in [-0.4, -0.2) is 23.8 Å². The number of halogens is 1. The van der Waals surface area contributed by atoms with E-state index in [9.17, 15) is 9.90 Å². The first-order chi connectivity index (χ1) is 14.5. The Morgan fingerprint density at radius 1 is 1.23 bits per heavy atom. The SMILES string of the molecule is Cc1ccc(C2CC2)c(-c2cc(F)c3c(c2C)CCCO3)c1[C@H](OC1CC1)C(=O)O. The number of aliphatic carboxylic acids is 1. The molecule has 1 atom stereocenters. The molecule has 0 spiro atoms. The van der Waals surface area contributed by atoms with Gasteiger partial charge in [-0.05, 0) is 92.2 Å². The third-order valence-electron chi connectivity index (χ3n) is 6.56. The van der Waals surface area contributed by atoms with E-state index in [2.05, 4.69) is 6.07 Å². The second kappa shape index (κ2) is 7.38. The molecule has 5 rings (SSSR count). The van der Waals surface area contributed by atoms with Crippen molar-refractivity contribution in [3.63, 3.8) is 0 Å². The van der Waals surface area contributed by atoms with Gasteiger partial charge in [-0.2, -0.15) is 0 Å². The van der Waals surface area contributed by atoms with Crippen molar-refractivity contribution in [2.75, 3.05) is 6.61 Å². The number of carboxylic acid groups (broad SMARTS) is 1. The van der Waals surface area contributed by atoms with E-state index in [-0.39, 0.29) is 11.9 Å². The molecule has 0 unspecified atom stereocenters. The average molecular weight is 410 g/mol. The van der Waals surface area contributed by atoms with Crippen molar-refractivity contribution in [3.05, 3.63) is 51.8 Å². The number of carboxylic acids is 1. The van der Waals surface area contributed by atoms with Crippen molar-refractivity contribution in [2.24, 2.45) is 0 Å². The summed E-state index contributed by atoms with van der Waals surface area (Å²) in [6.07, 6.45) is 4.52. The van der Waals surface area contributed by atoms with Gasteiger partial charge in [-0.1, -0.05) is 12.1 Å². The van der Waals surface area contributed by atoms with Crippen LogP contribution in [0.3, 0.4) is 0 Å². The van der Waals surface area contributed by atoms with Crippen molar-refractivity contribution in [3.8, 4) is 16.9 Å². The van der Waals surface area contributed by atoms with Gasteiger partial charge in [0.2, 0.25) is 0 Å². The molecule has 0 bridgehead atoms. The van der Waals surface area contributed by atoms with Gasteiger partial charge in [-0.3, -0.25) is 0 Å². The normalized spacial score (nSPS) is 19.2. The second-order valence-electron chi connectivity index (χ2n) is 8.88. The Hall–Kier alpha value is -2.40. The second-order valence-corrected chi connectivity index (χ2v) is 8.88. The van der Waals surface area contributed by atoms with Gasteiger partial charge in [0, 0.05) is 11.1 Å². The van der Waals surface area contributed by atoms with E-state index >= 15 is 4.39 Å². The van der Waals surface area contributed by atoms with Gasteiger partial charge >= 0.3 is 5.97 Å². The molecular formula is C25H27FO4. The number of benzene rings is 2. The molecule has 3 aliphatic rings. The minimum atomic E-state index is -1.04. The van der Waals surface area contributed by atoms with Gasteiger partial charge in [0.05, 0.1) is 12.7 Å². The Morgan fingerprint density at radius 2 is 2.00 bits per heavy atom. The molecular weight excluding hydrogens is 383 g/mol. The van der Waals surface area contributed by atoms with Crippen molar-refractivity contribution < 1.29 is 23.8 Å². The molecule has 2 aromatic carbocycles. The Balaban J connectivity index is 1.76. The fourth-order valence-corrected chi connectivity index (χ4v) is 4.68. The first-order valence-corrected chi connectivity index (χ1v) is 10.9. The summed E-state index contributed by atoms with van der Waals surface area (Å²) in [5.41, 5.74) is 6.18. The number of aryl methyl sites for hydroxylation is 1. The monoisotopic (exact) mass is 410 g/mol. The van der Waals surface area contributed by atoms with Gasteiger partial charge < -0.3 is 14.6 Å². The number of fused-ring (bicyclic) bond motifs is 1. The standard InChI is InChI=1S/C25H27FO4/c1-13-5-10-18(15-6-7-15)22(21(13)24(25(27)28)30-16-8-9-16)19-12-20(26)23-17(14(19)2)4-3-11-29-23/h5,10,12,15-16,24H,3-4,6-9,11H2,1-2H3,(H,27,28)/t24-/m0/s1. The third-order valence-corrected chi connectivity index (χ3v) is 6.56. The maximum atomic E-state index is 15.1. The lowest BCUT2D eigenvalue weighted by Crippen LogP contribution is -2.20. The van der Waals surface area contributed by atoms with Crippen molar-refractivity contribution >= 4 is 5.97 Å². The molecule has 0 amide bonds. The zero-order valence-corrected chi connectivity index (χ0v) is 17.5. The molecule has 1 N–H and O–H groups in total. The molecule has 1 aliphatic heterocycles. The van der Waals surface area contributed by atoms with Crippen LogP contribution >= 0.6 is 0 Å². The fourth-order valence-electron chi connectivity index (χ4n) is 4.68. The number of hydrogen-bond acceptors (Lipinski definition) is 3. The van der Waals surface area contributed by atoms with Crippen LogP contribution in [0.25, 0.3) is 11.1 Å². The molecule has 0 saturated heterocycles. The highest BCUT2D eigenvalue weighted by Crippen LogP contribution is 2.50. The summed E-state index contributed by atoms with van der Waals surface area (Å²) >= 11 is 0. The zero-order valence-electron chi connectivity index (χ0n) is 17.5. The van der Waals surface area contributed by atoms with Gasteiger partial charge in [0.25, 0.3) is 0 Å². The summed E-state index contributed by atoms with van der Waals surface area (Å²) in [5, 5.41) is 10.0. The lowest BCUT2D eigenvalue weighted by molar-refractivity contribution is -0.151. The van der Waals surface area contributed by atoms with E-state index in [1.807, 2.05) is 19.9 Å². The maximum Gasteiger partial charge on any atom is 0.337 e. The van der Waals surface area contributed by atoms with Crippen LogP contribution < -0.4 is 4.74 Å². The third kappa shape index (κ3) is 3.39. The van der Waals surface area contributed by atoms with Crippen molar-refractivity contribution in [1.29, 1.82) is 0 Å². The summed E-state index contributed by atoms with van der Waals surface area (Å²) in [5.74, 6) is -0.605. The van der Waals surface area contributed by atoms with Crippen LogP contribution in [0.1, 0.15) is 71.9 Å². The van der Waals surface area contributed by atoms with E-state index < -0.39 is 12.1 Å². The first-order valence-electron chi connectivity index (χ1n) is 10.9. The van der Waals surface area contributed by atoms with Gasteiger partial charge in [0.1, 0.15) is 0 Å². The Kier molecular flexibility index (Phi) is 4.81. The topological polar surface area (TPSA) is 55.8 Å². The van der Waals surface area contributed by atoms with Crippen molar-refractivity contribution in [2.45, 2.75) is 70.5 Å². The maximum absolute atomic E-state index is 15.1. The minimum absolute atomic E-state index is 0.00213. The molecule has 2 aliphatic carbocycles. The molecule has 30 heavy (non-hydrogen) atoms. The van der Waals surface area contributed by atoms with Gasteiger partial charge in [-0.15, -0.1) is 0 Å². The molecule has 1 heterocycles. The molecule has 0 aromatic heterocycles. The quantitative estimate of drug-likeness (QED) is 0.672. The smallest absolute Gasteiger partial charge is 0.337 e. The Labute approximate surface area is 176 Å². The van der Waals surface area contributed by atoms with E-state index in [1.165, 1.54) is 0 Å². The van der Waals surface area contributed by atoms with Crippen LogP contribution in [0.4, 0.5) is 4.39 Å². The lowest BCUT2D eigenvalue weighted by Gasteiger charge is -2.26. The highest BCUT2D eigenvalue weighted by molar-refractivity contribution is 5.85. The minimum Gasteiger partial charge on any atom is -0.490 e. The van der Waals surface area contributed by atoms with Crippen LogP contribution in [0.5, 0.6) is 5.75 Å². The summed E-state index contributed by atoms with van der Waals surface area (Å²) in [6.45, 7) is 4.46. The summed E-state index contributed by atoms with van der Waals surface area (Å²) in [7, 11) is 0. The largest absolute Gasteiger partial charge is 0.490 e. The summed E-state index contributed by atoms with van der Waals surface area (Å²) in [4.78, 5) is 12.3. The van der Waals surface area contributed by atoms with E-state index in [4.69, 9.17) is 9.47 Å². The van der Waals surface area contributed by atoms with Crippen LogP contribution in [0.2, 0.25) is 0 Å². The predicted octanol–water partition coefficient (Wildman–Crippen LogP) is 5.62. The highest BCUT2D eigenvalue weighted by Gasteiger charge is 2.37. The van der Waals surface area contributed by atoms with Crippen LogP contribution in [0.15, 0.2) is 18.2 Å². The Bertz CT molecular complexity index is 1020. The van der Waals surface area contributed by atoms with E-state index in [0.717, 1.165) is 71.9 Å². The van der Waals surface area contributed by atoms with E-state index in [0.29, 0.717) is 23.8 Å². The molecule has 5 heteroatoms. The molecule has 2 saturated carbocycles. The molecule has 2 aromatic rings. The molecule has 158 valence electrons. The van der Waals surface area contributed by atoms with Crippen LogP contribution in [-0.2, 0) is 16.0 Å². The molecule has 0 radical (unpaired) electrons. The van der Waals surface area contributed by atoms with Crippen LogP contribution in [0, 0.1) is 19.7 Å². The lowest BCUT2D eigenvalue weighted by atomic mass is 9.83. The first kappa shape index (κ1) is 19.6. The summed E-state index contributed by atoms with van der Waals surface area (Å²) in [6, 6.07) is 5.63. The van der Waals surface area contributed by atoms with Crippen molar-refractivity contribution in [1.82, 2.24) is 0 Å². The van der Waals surface area contributed by atoms with Gasteiger partial charge in [0.15, 0.2) is 17.7 Å². The number of rotatable bonds is 6. The fraction of sp³-hybridized carbons (Fsp3) is 0.480. The molecule has 4 nitrogen and oxygen atoms in total. The number of carbonyl (C=O) groups is 1. The van der Waals surface area contributed by atoms with Gasteiger partial charge in [-0.25, -0.2) is 9.18 Å². The Morgan fingerprint density at radius 3 is 2.67 bits per heavy atom. The zero-order chi connectivity index (χ0) is 21.0. The summed E-state index contributed by atoms with van der Waals surface area (Å²) < 4.78 is 26.7. The predicted molar refractivity (Wildman–Crippen MR) is 112 cm³/mol. The molecule has 2 fully saturated rings. The highest BCUT2D eigenvalue weighted by atomic mass is 19.1.